The fourth-order valence-electron chi connectivity index (χ4n) is 3.02. The molecule has 0 radical (unpaired) electrons. The third-order valence-electron chi connectivity index (χ3n) is 4.01. The summed E-state index contributed by atoms with van der Waals surface area (Å²) in [5.74, 6) is 1.83. The lowest BCUT2D eigenvalue weighted by Gasteiger charge is -2.26. The molecule has 2 aromatic heterocycles. The normalized spacial score (nSPS) is 17.1. The SMILES string of the molecule is Cc1nc2n(n1)CCN(C(=O)c1cc3c(s1)CCC3)C2. The van der Waals surface area contributed by atoms with Crippen LogP contribution in [0.1, 0.15) is 38.2 Å². The van der Waals surface area contributed by atoms with Gasteiger partial charge in [0.2, 0.25) is 0 Å². The van der Waals surface area contributed by atoms with Gasteiger partial charge in [0, 0.05) is 11.4 Å². The van der Waals surface area contributed by atoms with Gasteiger partial charge >= 0.3 is 0 Å². The largest absolute Gasteiger partial charge is 0.329 e. The Hall–Kier alpha value is -1.69. The van der Waals surface area contributed by atoms with Crippen LogP contribution < -0.4 is 0 Å². The van der Waals surface area contributed by atoms with Gasteiger partial charge in [0.1, 0.15) is 11.6 Å². The van der Waals surface area contributed by atoms with Crippen molar-refractivity contribution >= 4 is 17.2 Å². The monoisotopic (exact) mass is 288 g/mol. The average molecular weight is 288 g/mol. The molecule has 1 aliphatic heterocycles. The molecule has 0 spiro atoms. The van der Waals surface area contributed by atoms with Gasteiger partial charge < -0.3 is 4.90 Å². The molecule has 2 aliphatic rings. The molecule has 0 saturated heterocycles. The molecule has 3 heterocycles. The van der Waals surface area contributed by atoms with Gasteiger partial charge in [-0.3, -0.25) is 4.79 Å². The number of thiophene rings is 1. The van der Waals surface area contributed by atoms with Crippen molar-refractivity contribution in [2.45, 2.75) is 39.3 Å². The minimum absolute atomic E-state index is 0.149. The molecular weight excluding hydrogens is 272 g/mol. The van der Waals surface area contributed by atoms with E-state index in [1.54, 1.807) is 11.3 Å². The number of carbonyl (C=O) groups is 1. The number of carbonyl (C=O) groups excluding carboxylic acids is 1. The summed E-state index contributed by atoms with van der Waals surface area (Å²) in [6.07, 6.45) is 3.51. The van der Waals surface area contributed by atoms with E-state index in [-0.39, 0.29) is 5.91 Å². The van der Waals surface area contributed by atoms with E-state index in [1.807, 2.05) is 16.5 Å². The molecule has 0 bridgehead atoms. The molecule has 0 N–H and O–H groups in total. The fraction of sp³-hybridized carbons (Fsp3) is 0.500. The molecule has 4 rings (SSSR count). The molecule has 0 saturated carbocycles. The number of amides is 1. The van der Waals surface area contributed by atoms with Gasteiger partial charge in [-0.2, -0.15) is 5.10 Å². The van der Waals surface area contributed by atoms with E-state index in [0.29, 0.717) is 6.54 Å². The Morgan fingerprint density at radius 1 is 1.35 bits per heavy atom. The van der Waals surface area contributed by atoms with Crippen molar-refractivity contribution in [1.29, 1.82) is 0 Å². The Kier molecular flexibility index (Phi) is 2.66. The summed E-state index contributed by atoms with van der Waals surface area (Å²) in [7, 11) is 0. The third kappa shape index (κ3) is 1.86. The zero-order chi connectivity index (χ0) is 13.7. The van der Waals surface area contributed by atoms with Crippen LogP contribution in [-0.4, -0.2) is 32.1 Å². The summed E-state index contributed by atoms with van der Waals surface area (Å²) in [6, 6.07) is 2.10. The number of hydrogen-bond acceptors (Lipinski definition) is 4. The van der Waals surface area contributed by atoms with Gasteiger partial charge in [0.05, 0.1) is 18.0 Å². The second-order valence-electron chi connectivity index (χ2n) is 5.44. The summed E-state index contributed by atoms with van der Waals surface area (Å²) in [5, 5.41) is 4.33. The van der Waals surface area contributed by atoms with Crippen LogP contribution in [0.3, 0.4) is 0 Å². The van der Waals surface area contributed by atoms with Crippen LogP contribution in [0.5, 0.6) is 0 Å². The zero-order valence-corrected chi connectivity index (χ0v) is 12.2. The summed E-state index contributed by atoms with van der Waals surface area (Å²) >= 11 is 1.68. The van der Waals surface area contributed by atoms with Crippen molar-refractivity contribution in [3.05, 3.63) is 33.0 Å². The molecule has 20 heavy (non-hydrogen) atoms. The van der Waals surface area contributed by atoms with Crippen molar-refractivity contribution in [1.82, 2.24) is 19.7 Å². The minimum atomic E-state index is 0.149. The maximum Gasteiger partial charge on any atom is 0.264 e. The quantitative estimate of drug-likeness (QED) is 0.804. The van der Waals surface area contributed by atoms with Crippen LogP contribution in [0, 0.1) is 6.92 Å². The highest BCUT2D eigenvalue weighted by Gasteiger charge is 2.26. The molecular formula is C14H16N4OS. The number of aromatic nitrogens is 3. The van der Waals surface area contributed by atoms with Gasteiger partial charge in [-0.15, -0.1) is 11.3 Å². The first-order chi connectivity index (χ1) is 9.70. The Labute approximate surface area is 121 Å². The number of fused-ring (bicyclic) bond motifs is 2. The molecule has 1 amide bonds. The first kappa shape index (κ1) is 12.1. The molecule has 0 unspecified atom stereocenters. The lowest BCUT2D eigenvalue weighted by molar-refractivity contribution is 0.0707. The molecule has 104 valence electrons. The minimum Gasteiger partial charge on any atom is -0.329 e. The van der Waals surface area contributed by atoms with Gasteiger partial charge in [0.25, 0.3) is 5.91 Å². The van der Waals surface area contributed by atoms with Crippen LogP contribution in [0.15, 0.2) is 6.07 Å². The Bertz CT molecular complexity index is 666. The number of nitrogens with zero attached hydrogens (tertiary/aromatic N) is 4. The topological polar surface area (TPSA) is 51.0 Å². The lowest BCUT2D eigenvalue weighted by atomic mass is 10.2. The molecule has 6 heteroatoms. The summed E-state index contributed by atoms with van der Waals surface area (Å²) in [5.41, 5.74) is 1.38. The van der Waals surface area contributed by atoms with Crippen LogP contribution >= 0.6 is 11.3 Å². The maximum atomic E-state index is 12.6. The highest BCUT2D eigenvalue weighted by molar-refractivity contribution is 7.14. The van der Waals surface area contributed by atoms with Crippen LogP contribution in [0.2, 0.25) is 0 Å². The van der Waals surface area contributed by atoms with Gasteiger partial charge in [-0.05, 0) is 37.8 Å². The van der Waals surface area contributed by atoms with Gasteiger partial charge in [0.15, 0.2) is 0 Å². The van der Waals surface area contributed by atoms with Crippen LogP contribution in [0.25, 0.3) is 0 Å². The van der Waals surface area contributed by atoms with Gasteiger partial charge in [-0.25, -0.2) is 9.67 Å². The van der Waals surface area contributed by atoms with Crippen molar-refractivity contribution in [3.8, 4) is 0 Å². The van der Waals surface area contributed by atoms with Crippen molar-refractivity contribution < 1.29 is 4.79 Å². The van der Waals surface area contributed by atoms with E-state index >= 15 is 0 Å². The van der Waals surface area contributed by atoms with Crippen molar-refractivity contribution in [2.24, 2.45) is 0 Å². The Balaban J connectivity index is 1.57. The van der Waals surface area contributed by atoms with E-state index in [4.69, 9.17) is 0 Å². The number of hydrogen-bond donors (Lipinski definition) is 0. The molecule has 2 aromatic rings. The standard InChI is InChI=1S/C14H16N4OS/c1-9-15-13-8-17(5-6-18(13)16-9)14(19)12-7-10-3-2-4-11(10)20-12/h7H,2-6,8H2,1H3. The molecule has 0 fully saturated rings. The first-order valence-corrected chi connectivity index (χ1v) is 7.83. The highest BCUT2D eigenvalue weighted by Crippen LogP contribution is 2.31. The van der Waals surface area contributed by atoms with Crippen molar-refractivity contribution in [2.75, 3.05) is 6.54 Å². The van der Waals surface area contributed by atoms with E-state index < -0.39 is 0 Å². The van der Waals surface area contributed by atoms with E-state index in [9.17, 15) is 4.79 Å². The molecule has 0 aromatic carbocycles. The second-order valence-corrected chi connectivity index (χ2v) is 6.57. The zero-order valence-electron chi connectivity index (χ0n) is 11.4. The smallest absolute Gasteiger partial charge is 0.264 e. The Morgan fingerprint density at radius 2 is 2.25 bits per heavy atom. The number of rotatable bonds is 1. The predicted octanol–water partition coefficient (Wildman–Crippen LogP) is 1.79. The lowest BCUT2D eigenvalue weighted by Crippen LogP contribution is -2.38. The first-order valence-electron chi connectivity index (χ1n) is 7.02. The number of aryl methyl sites for hydroxylation is 3. The summed E-state index contributed by atoms with van der Waals surface area (Å²) in [6.45, 7) is 3.92. The molecule has 1 aliphatic carbocycles. The fourth-order valence-corrected chi connectivity index (χ4v) is 4.25. The summed E-state index contributed by atoms with van der Waals surface area (Å²) < 4.78 is 1.91. The Morgan fingerprint density at radius 3 is 3.10 bits per heavy atom. The van der Waals surface area contributed by atoms with Gasteiger partial charge in [-0.1, -0.05) is 0 Å². The molecule has 5 nitrogen and oxygen atoms in total. The maximum absolute atomic E-state index is 12.6. The van der Waals surface area contributed by atoms with Crippen LogP contribution in [-0.2, 0) is 25.9 Å². The van der Waals surface area contributed by atoms with E-state index in [1.165, 1.54) is 16.9 Å². The molecule has 0 atom stereocenters. The highest BCUT2D eigenvalue weighted by atomic mass is 32.1. The van der Waals surface area contributed by atoms with E-state index in [2.05, 4.69) is 16.1 Å². The van der Waals surface area contributed by atoms with Crippen LogP contribution in [0.4, 0.5) is 0 Å². The van der Waals surface area contributed by atoms with E-state index in [0.717, 1.165) is 42.5 Å². The summed E-state index contributed by atoms with van der Waals surface area (Å²) in [4.78, 5) is 21.2. The predicted molar refractivity (Wildman–Crippen MR) is 75.8 cm³/mol. The third-order valence-corrected chi connectivity index (χ3v) is 5.24. The van der Waals surface area contributed by atoms with Crippen molar-refractivity contribution in [3.63, 3.8) is 0 Å². The average Bonchev–Trinajstić information content (AvgIpc) is 3.08. The second kappa shape index (κ2) is 4.41.